The third-order valence-corrected chi connectivity index (χ3v) is 5.88. The number of rotatable bonds is 4. The molecule has 2 amide bonds. The molecule has 136 valence electrons. The van der Waals surface area contributed by atoms with Crippen molar-refractivity contribution in [2.45, 2.75) is 18.6 Å². The molecule has 0 aliphatic carbocycles. The van der Waals surface area contributed by atoms with E-state index in [1.807, 2.05) is 49.4 Å². The molecule has 2 aromatic rings. The summed E-state index contributed by atoms with van der Waals surface area (Å²) in [6.45, 7) is 1.95. The van der Waals surface area contributed by atoms with Gasteiger partial charge < -0.3 is 5.73 Å². The number of carbonyl (C=O) groups is 2. The summed E-state index contributed by atoms with van der Waals surface area (Å²) >= 11 is 4.64. The van der Waals surface area contributed by atoms with Gasteiger partial charge in [-0.2, -0.15) is 5.26 Å². The van der Waals surface area contributed by atoms with E-state index in [2.05, 4.69) is 15.9 Å². The number of halogens is 1. The van der Waals surface area contributed by atoms with E-state index >= 15 is 0 Å². The molecule has 1 unspecified atom stereocenters. The standard InChI is InChI=1S/C20H16BrN3O2S/c1-12-5-7-15(8-6-12)24-19(26)17(10-13-3-2-4-14(21)9-13)27-20(24)16(11-22)18(23)25/h2-9,17H,10H2,1H3,(H2,23,25)/b20-16-. The summed E-state index contributed by atoms with van der Waals surface area (Å²) in [5.74, 6) is -1.01. The summed E-state index contributed by atoms with van der Waals surface area (Å²) in [7, 11) is 0. The first-order chi connectivity index (χ1) is 12.9. The van der Waals surface area contributed by atoms with E-state index in [4.69, 9.17) is 5.73 Å². The van der Waals surface area contributed by atoms with E-state index in [-0.39, 0.29) is 11.5 Å². The molecule has 7 heteroatoms. The van der Waals surface area contributed by atoms with Crippen LogP contribution < -0.4 is 10.6 Å². The molecular formula is C20H16BrN3O2S. The number of nitrogens with two attached hydrogens (primary N) is 1. The van der Waals surface area contributed by atoms with Crippen LogP contribution in [0.25, 0.3) is 0 Å². The van der Waals surface area contributed by atoms with Crippen LogP contribution in [0.15, 0.2) is 63.6 Å². The second-order valence-electron chi connectivity index (χ2n) is 6.11. The predicted octanol–water partition coefficient (Wildman–Crippen LogP) is 3.67. The van der Waals surface area contributed by atoms with Gasteiger partial charge in [-0.05, 0) is 43.2 Å². The Morgan fingerprint density at radius 2 is 2.00 bits per heavy atom. The van der Waals surface area contributed by atoms with Crippen LogP contribution in [0.5, 0.6) is 0 Å². The smallest absolute Gasteiger partial charge is 0.262 e. The zero-order valence-electron chi connectivity index (χ0n) is 14.5. The van der Waals surface area contributed by atoms with Crippen molar-refractivity contribution >= 4 is 45.2 Å². The molecule has 0 bridgehead atoms. The summed E-state index contributed by atoms with van der Waals surface area (Å²) in [6.07, 6.45) is 0.478. The monoisotopic (exact) mass is 441 g/mol. The van der Waals surface area contributed by atoms with Crippen molar-refractivity contribution in [1.29, 1.82) is 5.26 Å². The molecular weight excluding hydrogens is 426 g/mol. The van der Waals surface area contributed by atoms with Gasteiger partial charge in [0.05, 0.1) is 5.25 Å². The third-order valence-electron chi connectivity index (χ3n) is 4.13. The van der Waals surface area contributed by atoms with Crippen molar-refractivity contribution < 1.29 is 9.59 Å². The lowest BCUT2D eigenvalue weighted by Gasteiger charge is -2.18. The van der Waals surface area contributed by atoms with Gasteiger partial charge in [0, 0.05) is 10.2 Å². The molecule has 5 nitrogen and oxygen atoms in total. The van der Waals surface area contributed by atoms with Gasteiger partial charge >= 0.3 is 0 Å². The van der Waals surface area contributed by atoms with Crippen LogP contribution in [0.2, 0.25) is 0 Å². The normalized spacial score (nSPS) is 18.3. The average molecular weight is 442 g/mol. The lowest BCUT2D eigenvalue weighted by atomic mass is 10.1. The Morgan fingerprint density at radius 3 is 2.59 bits per heavy atom. The molecule has 27 heavy (non-hydrogen) atoms. The second kappa shape index (κ2) is 7.99. The first-order valence-electron chi connectivity index (χ1n) is 8.16. The molecule has 3 rings (SSSR count). The molecule has 1 aliphatic heterocycles. The van der Waals surface area contributed by atoms with Gasteiger partial charge in [0.25, 0.3) is 5.91 Å². The Hall–Kier alpha value is -2.56. The fourth-order valence-electron chi connectivity index (χ4n) is 2.81. The van der Waals surface area contributed by atoms with E-state index < -0.39 is 11.2 Å². The van der Waals surface area contributed by atoms with E-state index in [9.17, 15) is 14.9 Å². The maximum Gasteiger partial charge on any atom is 0.262 e. The minimum Gasteiger partial charge on any atom is -0.365 e. The Balaban J connectivity index is 2.03. The number of thioether (sulfide) groups is 1. The van der Waals surface area contributed by atoms with Crippen LogP contribution in [0.4, 0.5) is 5.69 Å². The van der Waals surface area contributed by atoms with Gasteiger partial charge in [0.1, 0.15) is 16.7 Å². The molecule has 1 saturated heterocycles. The molecule has 0 radical (unpaired) electrons. The van der Waals surface area contributed by atoms with Gasteiger partial charge in [-0.15, -0.1) is 0 Å². The number of hydrogen-bond donors (Lipinski definition) is 1. The number of nitriles is 1. The van der Waals surface area contributed by atoms with E-state index in [1.165, 1.54) is 16.7 Å². The van der Waals surface area contributed by atoms with Gasteiger partial charge in [-0.1, -0.05) is 57.5 Å². The fourth-order valence-corrected chi connectivity index (χ4v) is 4.57. The highest BCUT2D eigenvalue weighted by molar-refractivity contribution is 9.10. The maximum atomic E-state index is 13.1. The molecule has 0 saturated carbocycles. The zero-order chi connectivity index (χ0) is 19.6. The summed E-state index contributed by atoms with van der Waals surface area (Å²) < 4.78 is 0.927. The summed E-state index contributed by atoms with van der Waals surface area (Å²) in [6, 6.07) is 16.9. The predicted molar refractivity (Wildman–Crippen MR) is 110 cm³/mol. The fraction of sp³-hybridized carbons (Fsp3) is 0.150. The van der Waals surface area contributed by atoms with E-state index in [1.54, 1.807) is 12.1 Å². The van der Waals surface area contributed by atoms with E-state index in [0.717, 1.165) is 15.6 Å². The van der Waals surface area contributed by atoms with Crippen molar-refractivity contribution in [2.75, 3.05) is 4.90 Å². The number of hydrogen-bond acceptors (Lipinski definition) is 4. The Morgan fingerprint density at radius 1 is 1.30 bits per heavy atom. The second-order valence-corrected chi connectivity index (χ2v) is 8.21. The third kappa shape index (κ3) is 4.07. The van der Waals surface area contributed by atoms with Crippen molar-refractivity contribution in [3.8, 4) is 6.07 Å². The van der Waals surface area contributed by atoms with Crippen molar-refractivity contribution in [3.63, 3.8) is 0 Å². The lowest BCUT2D eigenvalue weighted by Crippen LogP contribution is -2.31. The number of benzene rings is 2. The van der Waals surface area contributed by atoms with Crippen molar-refractivity contribution in [3.05, 3.63) is 74.7 Å². The SMILES string of the molecule is Cc1ccc(N2C(=O)C(Cc3cccc(Br)c3)S/C2=C(/C#N)C(N)=O)cc1. The van der Waals surface area contributed by atoms with Crippen LogP contribution in [0.1, 0.15) is 11.1 Å². The molecule has 2 N–H and O–H groups in total. The number of aryl methyl sites for hydroxylation is 1. The number of primary amides is 1. The topological polar surface area (TPSA) is 87.2 Å². The number of anilines is 1. The maximum absolute atomic E-state index is 13.1. The molecule has 0 spiro atoms. The van der Waals surface area contributed by atoms with E-state index in [0.29, 0.717) is 17.1 Å². The lowest BCUT2D eigenvalue weighted by molar-refractivity contribution is -0.117. The van der Waals surface area contributed by atoms with Crippen molar-refractivity contribution in [2.24, 2.45) is 5.73 Å². The van der Waals surface area contributed by atoms with Gasteiger partial charge in [0.2, 0.25) is 5.91 Å². The van der Waals surface area contributed by atoms with Crippen molar-refractivity contribution in [1.82, 2.24) is 0 Å². The first kappa shape index (κ1) is 19.2. The number of nitrogens with zero attached hydrogens (tertiary/aromatic N) is 2. The van der Waals surface area contributed by atoms with Crippen LogP contribution in [-0.4, -0.2) is 17.1 Å². The Labute approximate surface area is 170 Å². The molecule has 0 aromatic heterocycles. The largest absolute Gasteiger partial charge is 0.365 e. The molecule has 1 fully saturated rings. The summed E-state index contributed by atoms with van der Waals surface area (Å²) in [5.41, 5.74) is 7.82. The zero-order valence-corrected chi connectivity index (χ0v) is 16.9. The van der Waals surface area contributed by atoms with Gasteiger partial charge in [-0.25, -0.2) is 0 Å². The van der Waals surface area contributed by atoms with Gasteiger partial charge in [0.15, 0.2) is 0 Å². The Kier molecular flexibility index (Phi) is 5.68. The molecule has 1 atom stereocenters. The minimum atomic E-state index is -0.840. The van der Waals surface area contributed by atoms with Crippen LogP contribution in [-0.2, 0) is 16.0 Å². The summed E-state index contributed by atoms with van der Waals surface area (Å²) in [5, 5.41) is 9.24. The highest BCUT2D eigenvalue weighted by atomic mass is 79.9. The molecule has 2 aromatic carbocycles. The minimum absolute atomic E-state index is 0.173. The van der Waals surface area contributed by atoms with Crippen LogP contribution in [0.3, 0.4) is 0 Å². The highest BCUT2D eigenvalue weighted by Crippen LogP contribution is 2.41. The average Bonchev–Trinajstić information content (AvgIpc) is 2.92. The van der Waals surface area contributed by atoms with Crippen LogP contribution >= 0.6 is 27.7 Å². The van der Waals surface area contributed by atoms with Gasteiger partial charge in [-0.3, -0.25) is 14.5 Å². The number of amides is 2. The molecule has 1 aliphatic rings. The highest BCUT2D eigenvalue weighted by Gasteiger charge is 2.40. The first-order valence-corrected chi connectivity index (χ1v) is 9.84. The Bertz CT molecular complexity index is 979. The molecule has 1 heterocycles. The summed E-state index contributed by atoms with van der Waals surface area (Å²) in [4.78, 5) is 26.3. The number of carbonyl (C=O) groups excluding carboxylic acids is 2. The quantitative estimate of drug-likeness (QED) is 0.578. The van der Waals surface area contributed by atoms with Crippen LogP contribution in [0, 0.1) is 18.3 Å².